The number of nitrogens with two attached hydrogens (primary N) is 1. The van der Waals surface area contributed by atoms with Gasteiger partial charge in [-0.25, -0.2) is 13.1 Å². The van der Waals surface area contributed by atoms with E-state index in [1.165, 1.54) is 6.42 Å². The van der Waals surface area contributed by atoms with E-state index in [0.717, 1.165) is 60.6 Å². The van der Waals surface area contributed by atoms with Crippen LogP contribution < -0.4 is 20.5 Å². The van der Waals surface area contributed by atoms with Crippen LogP contribution >= 0.6 is 24.8 Å². The van der Waals surface area contributed by atoms with Crippen molar-refractivity contribution in [3.8, 4) is 16.9 Å². The van der Waals surface area contributed by atoms with Crippen molar-refractivity contribution in [2.24, 2.45) is 0 Å². The number of nitrogens with one attached hydrogen (secondary N) is 2. The van der Waals surface area contributed by atoms with Gasteiger partial charge in [0.1, 0.15) is 5.75 Å². The first kappa shape index (κ1) is 34.4. The zero-order valence-corrected chi connectivity index (χ0v) is 25.5. The summed E-state index contributed by atoms with van der Waals surface area (Å²) >= 11 is 0. The van der Waals surface area contributed by atoms with E-state index >= 15 is 0 Å². The number of aliphatic hydroxyl groups is 1. The highest BCUT2D eigenvalue weighted by molar-refractivity contribution is 7.89. The van der Waals surface area contributed by atoms with E-state index < -0.39 is 22.0 Å². The average Bonchev–Trinajstić information content (AvgIpc) is 2.91. The highest BCUT2D eigenvalue weighted by Crippen LogP contribution is 2.31. The molecular weight excluding hydrogens is 585 g/mol. The molecule has 0 radical (unpaired) electrons. The maximum absolute atomic E-state index is 12.7. The van der Waals surface area contributed by atoms with E-state index in [1.807, 2.05) is 35.1 Å². The Labute approximate surface area is 254 Å². The Balaban J connectivity index is 0.00000294. The van der Waals surface area contributed by atoms with Crippen LogP contribution in [-0.2, 0) is 16.4 Å². The predicted molar refractivity (Wildman–Crippen MR) is 169 cm³/mol. The first-order chi connectivity index (χ1) is 18.7. The van der Waals surface area contributed by atoms with Gasteiger partial charge in [-0.1, -0.05) is 48.9 Å². The molecule has 5 N–H and O–H groups in total. The minimum absolute atomic E-state index is 0. The number of benzene rings is 3. The molecule has 0 aliphatic heterocycles. The van der Waals surface area contributed by atoms with Crippen LogP contribution in [0.5, 0.6) is 5.75 Å². The third-order valence-corrected chi connectivity index (χ3v) is 7.42. The minimum atomic E-state index is -3.70. The summed E-state index contributed by atoms with van der Waals surface area (Å²) in [6, 6.07) is 20.7. The van der Waals surface area contributed by atoms with Crippen LogP contribution in [0.2, 0.25) is 0 Å². The molecule has 224 valence electrons. The second kappa shape index (κ2) is 16.0. The molecule has 1 aliphatic carbocycles. The van der Waals surface area contributed by atoms with Crippen molar-refractivity contribution in [1.29, 1.82) is 0 Å². The van der Waals surface area contributed by atoms with Gasteiger partial charge >= 0.3 is 0 Å². The van der Waals surface area contributed by atoms with Gasteiger partial charge in [-0.3, -0.25) is 4.79 Å². The third-order valence-electron chi connectivity index (χ3n) is 6.86. The topological polar surface area (TPSA) is 131 Å². The second-order valence-corrected chi connectivity index (χ2v) is 11.9. The van der Waals surface area contributed by atoms with Crippen molar-refractivity contribution in [3.05, 3.63) is 83.4 Å². The fourth-order valence-electron chi connectivity index (χ4n) is 4.79. The molecule has 1 saturated carbocycles. The number of carbonyl (C=O) groups is 1. The molecule has 0 bridgehead atoms. The van der Waals surface area contributed by atoms with Gasteiger partial charge < -0.3 is 20.9 Å². The van der Waals surface area contributed by atoms with Crippen LogP contribution in [0.4, 0.5) is 5.69 Å². The van der Waals surface area contributed by atoms with Crippen molar-refractivity contribution in [2.45, 2.75) is 50.7 Å². The van der Waals surface area contributed by atoms with Crippen LogP contribution in [0.3, 0.4) is 0 Å². The zero-order valence-electron chi connectivity index (χ0n) is 23.0. The van der Waals surface area contributed by atoms with E-state index in [0.29, 0.717) is 24.5 Å². The molecule has 8 nitrogen and oxygen atoms in total. The second-order valence-electron chi connectivity index (χ2n) is 10.1. The number of hydrogen-bond acceptors (Lipinski definition) is 7. The van der Waals surface area contributed by atoms with Crippen molar-refractivity contribution in [1.82, 2.24) is 10.0 Å². The standard InChI is InChI=1S/C30H37N3O5S.2ClH/c1-39(36,37)33-30(35)27-15-14-23(19-29(27)38-26-8-3-2-4-9-26)22-12-10-21(11-13-22)16-17-32-20-28(34)24-6-5-7-25(31)18-24;;/h5-7,10-15,18-19,26,28,32,34H,2-4,8-9,16-17,20,31H2,1H3,(H,33,35);2*1H/t28-;;/m0../s1. The number of hydrogen-bond donors (Lipinski definition) is 4. The summed E-state index contributed by atoms with van der Waals surface area (Å²) in [5.74, 6) is -0.300. The molecule has 1 atom stereocenters. The molecule has 3 aromatic carbocycles. The lowest BCUT2D eigenvalue weighted by Gasteiger charge is -2.24. The summed E-state index contributed by atoms with van der Waals surface area (Å²) in [4.78, 5) is 12.7. The average molecular weight is 625 g/mol. The Morgan fingerprint density at radius 2 is 1.68 bits per heavy atom. The number of rotatable bonds is 11. The molecule has 3 aromatic rings. The van der Waals surface area contributed by atoms with Gasteiger partial charge in [0, 0.05) is 12.2 Å². The molecule has 0 spiro atoms. The van der Waals surface area contributed by atoms with E-state index in [4.69, 9.17) is 10.5 Å². The molecule has 11 heteroatoms. The predicted octanol–water partition coefficient (Wildman–Crippen LogP) is 5.05. The molecule has 4 rings (SSSR count). The number of amides is 1. The number of sulfonamides is 1. The Bertz CT molecular complexity index is 1380. The molecule has 0 heterocycles. The zero-order chi connectivity index (χ0) is 27.8. The Kier molecular flexibility index (Phi) is 13.4. The lowest BCUT2D eigenvalue weighted by molar-refractivity contribution is 0.0969. The summed E-state index contributed by atoms with van der Waals surface area (Å²) in [5.41, 5.74) is 10.4. The Morgan fingerprint density at radius 1 is 1.00 bits per heavy atom. The summed E-state index contributed by atoms with van der Waals surface area (Å²) in [5, 5.41) is 13.6. The number of ether oxygens (including phenoxy) is 1. The van der Waals surface area contributed by atoms with E-state index in [9.17, 15) is 18.3 Å². The van der Waals surface area contributed by atoms with Gasteiger partial charge in [0.25, 0.3) is 5.91 Å². The van der Waals surface area contributed by atoms with Gasteiger partial charge in [-0.2, -0.15) is 0 Å². The number of aliphatic hydroxyl groups excluding tert-OH is 1. The smallest absolute Gasteiger partial charge is 0.268 e. The third kappa shape index (κ3) is 10.5. The molecule has 1 amide bonds. The van der Waals surface area contributed by atoms with Crippen molar-refractivity contribution in [2.75, 3.05) is 25.1 Å². The number of anilines is 1. The summed E-state index contributed by atoms with van der Waals surface area (Å²) in [6.45, 7) is 1.15. The highest BCUT2D eigenvalue weighted by Gasteiger charge is 2.21. The van der Waals surface area contributed by atoms with E-state index in [-0.39, 0.29) is 36.5 Å². The Morgan fingerprint density at radius 3 is 2.34 bits per heavy atom. The summed E-state index contributed by atoms with van der Waals surface area (Å²) in [6.07, 6.45) is 6.29. The molecule has 0 aromatic heterocycles. The van der Waals surface area contributed by atoms with Crippen molar-refractivity contribution in [3.63, 3.8) is 0 Å². The molecule has 0 unspecified atom stereocenters. The van der Waals surface area contributed by atoms with Crippen LogP contribution in [0.15, 0.2) is 66.7 Å². The van der Waals surface area contributed by atoms with Crippen LogP contribution in [0, 0.1) is 0 Å². The van der Waals surface area contributed by atoms with Crippen LogP contribution in [0.1, 0.15) is 59.7 Å². The van der Waals surface area contributed by atoms with E-state index in [2.05, 4.69) is 17.4 Å². The Hall–Kier alpha value is -2.82. The van der Waals surface area contributed by atoms with Gasteiger partial charge in [0.2, 0.25) is 10.0 Å². The summed E-state index contributed by atoms with van der Waals surface area (Å²) < 4.78 is 31.6. The number of halogens is 2. The lowest BCUT2D eigenvalue weighted by Crippen LogP contribution is -2.30. The first-order valence-electron chi connectivity index (χ1n) is 13.3. The first-order valence-corrected chi connectivity index (χ1v) is 15.2. The van der Waals surface area contributed by atoms with Crippen LogP contribution in [0.25, 0.3) is 11.1 Å². The quantitative estimate of drug-likeness (QED) is 0.174. The van der Waals surface area contributed by atoms with Gasteiger partial charge in [0.05, 0.1) is 24.0 Å². The van der Waals surface area contributed by atoms with Gasteiger partial charge in [-0.05, 0) is 85.2 Å². The largest absolute Gasteiger partial charge is 0.490 e. The van der Waals surface area contributed by atoms with E-state index in [1.54, 1.807) is 24.3 Å². The molecule has 1 aliphatic rings. The maximum Gasteiger partial charge on any atom is 0.268 e. The highest BCUT2D eigenvalue weighted by atomic mass is 35.5. The molecule has 1 fully saturated rings. The SMILES string of the molecule is CS(=O)(=O)NC(=O)c1ccc(-c2ccc(CCNC[C@H](O)c3cccc(N)c3)cc2)cc1OC1CCCCC1.Cl.Cl. The van der Waals surface area contributed by atoms with Gasteiger partial charge in [0.15, 0.2) is 0 Å². The van der Waals surface area contributed by atoms with Gasteiger partial charge in [-0.15, -0.1) is 24.8 Å². The molecule has 0 saturated heterocycles. The fourth-order valence-corrected chi connectivity index (χ4v) is 5.24. The normalized spacial score (nSPS) is 14.3. The fraction of sp³-hybridized carbons (Fsp3) is 0.367. The lowest BCUT2D eigenvalue weighted by atomic mass is 9.97. The van der Waals surface area contributed by atoms with Crippen molar-refractivity contribution < 1.29 is 23.1 Å². The van der Waals surface area contributed by atoms with Crippen LogP contribution in [-0.4, -0.2) is 44.9 Å². The van der Waals surface area contributed by atoms with Crippen molar-refractivity contribution >= 4 is 46.4 Å². The molecular formula is C30H39Cl2N3O5S. The summed E-state index contributed by atoms with van der Waals surface area (Å²) in [7, 11) is -3.70. The maximum atomic E-state index is 12.7. The monoisotopic (exact) mass is 623 g/mol. The molecule has 41 heavy (non-hydrogen) atoms. The minimum Gasteiger partial charge on any atom is -0.490 e. The number of carbonyl (C=O) groups excluding carboxylic acids is 1. The number of nitrogen functional groups attached to an aromatic ring is 1.